The van der Waals surface area contributed by atoms with Crippen LogP contribution in [-0.4, -0.2) is 29.6 Å². The number of hydrogen-bond acceptors (Lipinski definition) is 4. The third-order valence-corrected chi connectivity index (χ3v) is 5.48. The summed E-state index contributed by atoms with van der Waals surface area (Å²) in [6, 6.07) is 9.05. The molecule has 3 rings (SSSR count). The van der Waals surface area contributed by atoms with Crippen molar-refractivity contribution in [1.29, 1.82) is 0 Å². The molecule has 1 heterocycles. The first-order valence-corrected chi connectivity index (χ1v) is 10.5. The van der Waals surface area contributed by atoms with Gasteiger partial charge in [0.2, 0.25) is 5.91 Å². The summed E-state index contributed by atoms with van der Waals surface area (Å²) in [5, 5.41) is 4.38. The van der Waals surface area contributed by atoms with Crippen molar-refractivity contribution < 1.29 is 14.3 Å². The van der Waals surface area contributed by atoms with Crippen molar-refractivity contribution in [1.82, 2.24) is 10.3 Å². The van der Waals surface area contributed by atoms with Crippen LogP contribution in [0.2, 0.25) is 10.0 Å². The Morgan fingerprint density at radius 3 is 2.41 bits per heavy atom. The lowest BCUT2D eigenvalue weighted by Gasteiger charge is -2.32. The summed E-state index contributed by atoms with van der Waals surface area (Å²) in [5.74, 6) is 1.38. The predicted molar refractivity (Wildman–Crippen MR) is 115 cm³/mol. The largest absolute Gasteiger partial charge is 0.492 e. The maximum absolute atomic E-state index is 12.8. The molecule has 0 saturated heterocycles. The molecule has 0 atom stereocenters. The zero-order valence-electron chi connectivity index (χ0n) is 16.7. The summed E-state index contributed by atoms with van der Waals surface area (Å²) in [7, 11) is 0. The van der Waals surface area contributed by atoms with E-state index >= 15 is 0 Å². The molecule has 7 heteroatoms. The fourth-order valence-corrected chi connectivity index (χ4v) is 3.51. The molecule has 29 heavy (non-hydrogen) atoms. The third kappa shape index (κ3) is 6.51. The first kappa shape index (κ1) is 21.7. The van der Waals surface area contributed by atoms with Crippen LogP contribution in [0.4, 0.5) is 0 Å². The molecule has 0 aliphatic heterocycles. The van der Waals surface area contributed by atoms with Crippen LogP contribution in [0.1, 0.15) is 39.5 Å². The van der Waals surface area contributed by atoms with Crippen LogP contribution in [0, 0.1) is 5.41 Å². The molecule has 1 aromatic heterocycles. The molecule has 0 radical (unpaired) electrons. The van der Waals surface area contributed by atoms with Gasteiger partial charge in [0.15, 0.2) is 0 Å². The minimum atomic E-state index is -0.639. The number of benzene rings is 1. The number of halogens is 2. The summed E-state index contributed by atoms with van der Waals surface area (Å²) in [4.78, 5) is 16.8. The predicted octanol–water partition coefficient (Wildman–Crippen LogP) is 5.30. The molecule has 2 aromatic rings. The van der Waals surface area contributed by atoms with E-state index in [0.29, 0.717) is 28.2 Å². The minimum Gasteiger partial charge on any atom is -0.492 e. The Morgan fingerprint density at radius 1 is 1.07 bits per heavy atom. The average Bonchev–Trinajstić information content (AvgIpc) is 2.69. The number of hydrogen-bond donors (Lipinski definition) is 1. The fraction of sp³-hybridized carbons (Fsp3) is 0.455. The number of ether oxygens (including phenoxy) is 2. The second-order valence-electron chi connectivity index (χ2n) is 8.03. The Bertz CT molecular complexity index is 819. The van der Waals surface area contributed by atoms with Gasteiger partial charge in [-0.25, -0.2) is 0 Å². The number of nitrogens with zero attached hydrogens (tertiary/aromatic N) is 1. The number of aromatic nitrogens is 1. The third-order valence-electron chi connectivity index (χ3n) is 5.02. The van der Waals surface area contributed by atoms with Crippen molar-refractivity contribution in [2.45, 2.75) is 51.7 Å². The van der Waals surface area contributed by atoms with Gasteiger partial charge in [0.05, 0.1) is 22.7 Å². The van der Waals surface area contributed by atoms with Crippen molar-refractivity contribution in [3.63, 3.8) is 0 Å². The second kappa shape index (κ2) is 9.68. The van der Waals surface area contributed by atoms with Gasteiger partial charge in [-0.05, 0) is 63.8 Å². The van der Waals surface area contributed by atoms with E-state index < -0.39 is 5.41 Å². The molecule has 1 aliphatic carbocycles. The topological polar surface area (TPSA) is 60.5 Å². The highest BCUT2D eigenvalue weighted by Gasteiger charge is 2.32. The molecule has 0 spiro atoms. The molecule has 1 amide bonds. The smallest absolute Gasteiger partial charge is 0.229 e. The van der Waals surface area contributed by atoms with E-state index in [9.17, 15) is 4.79 Å². The van der Waals surface area contributed by atoms with Gasteiger partial charge in [-0.15, -0.1) is 0 Å². The highest BCUT2D eigenvalue weighted by molar-refractivity contribution is 6.30. The molecule has 1 saturated carbocycles. The van der Waals surface area contributed by atoms with Gasteiger partial charge >= 0.3 is 0 Å². The first-order chi connectivity index (χ1) is 13.8. The number of carbonyl (C=O) groups excluding carboxylic acids is 1. The zero-order valence-corrected chi connectivity index (χ0v) is 18.2. The Labute approximate surface area is 181 Å². The summed E-state index contributed by atoms with van der Waals surface area (Å²) in [6.07, 6.45) is 6.86. The number of carbonyl (C=O) groups is 1. The molecule has 1 fully saturated rings. The monoisotopic (exact) mass is 436 g/mol. The van der Waals surface area contributed by atoms with E-state index in [1.165, 1.54) is 0 Å². The summed E-state index contributed by atoms with van der Waals surface area (Å²) < 4.78 is 11.7. The van der Waals surface area contributed by atoms with Crippen molar-refractivity contribution in [2.24, 2.45) is 5.41 Å². The van der Waals surface area contributed by atoms with Gasteiger partial charge in [0, 0.05) is 23.3 Å². The molecule has 1 aliphatic rings. The Hall–Kier alpha value is -1.98. The van der Waals surface area contributed by atoms with Crippen molar-refractivity contribution in [3.8, 4) is 11.5 Å². The highest BCUT2D eigenvalue weighted by Crippen LogP contribution is 2.26. The lowest BCUT2D eigenvalue weighted by molar-refractivity contribution is -0.132. The van der Waals surface area contributed by atoms with Gasteiger partial charge in [-0.1, -0.05) is 23.2 Å². The van der Waals surface area contributed by atoms with Crippen LogP contribution in [-0.2, 0) is 4.79 Å². The quantitative estimate of drug-likeness (QED) is 0.639. The van der Waals surface area contributed by atoms with Crippen LogP contribution >= 0.6 is 23.2 Å². The SMILES string of the molecule is CC(C)(COc1ccc(Cl)cc1)C(=O)NC1CCC(Oc2cncc(Cl)c2)CC1. The lowest BCUT2D eigenvalue weighted by Crippen LogP contribution is -2.47. The van der Waals surface area contributed by atoms with Crippen LogP contribution in [0.3, 0.4) is 0 Å². The molecule has 0 bridgehead atoms. The fourth-order valence-electron chi connectivity index (χ4n) is 3.22. The maximum Gasteiger partial charge on any atom is 0.229 e. The van der Waals surface area contributed by atoms with Crippen LogP contribution < -0.4 is 14.8 Å². The van der Waals surface area contributed by atoms with Gasteiger partial charge in [-0.2, -0.15) is 0 Å². The Morgan fingerprint density at radius 2 is 1.76 bits per heavy atom. The molecule has 1 aromatic carbocycles. The van der Waals surface area contributed by atoms with Crippen molar-refractivity contribution >= 4 is 29.1 Å². The van der Waals surface area contributed by atoms with Crippen LogP contribution in [0.5, 0.6) is 11.5 Å². The summed E-state index contributed by atoms with van der Waals surface area (Å²) >= 11 is 11.8. The van der Waals surface area contributed by atoms with E-state index in [4.69, 9.17) is 32.7 Å². The van der Waals surface area contributed by atoms with Crippen LogP contribution in [0.15, 0.2) is 42.7 Å². The number of rotatable bonds is 7. The molecule has 156 valence electrons. The maximum atomic E-state index is 12.8. The van der Waals surface area contributed by atoms with Crippen LogP contribution in [0.25, 0.3) is 0 Å². The van der Waals surface area contributed by atoms with Gasteiger partial charge in [0.1, 0.15) is 18.1 Å². The highest BCUT2D eigenvalue weighted by atomic mass is 35.5. The number of amides is 1. The molecule has 5 nitrogen and oxygen atoms in total. The zero-order chi connectivity index (χ0) is 20.9. The summed E-state index contributed by atoms with van der Waals surface area (Å²) in [6.45, 7) is 4.07. The lowest BCUT2D eigenvalue weighted by atomic mass is 9.89. The first-order valence-electron chi connectivity index (χ1n) is 9.78. The van der Waals surface area contributed by atoms with Crippen molar-refractivity contribution in [3.05, 3.63) is 52.8 Å². The van der Waals surface area contributed by atoms with E-state index in [0.717, 1.165) is 25.7 Å². The normalized spacial score (nSPS) is 19.4. The number of pyridine rings is 1. The standard InChI is InChI=1S/C22H26Cl2N2O3/c1-22(2,14-28-18-7-3-15(23)4-8-18)21(27)26-17-5-9-19(10-6-17)29-20-11-16(24)12-25-13-20/h3-4,7-8,11-13,17,19H,5-6,9-10,14H2,1-2H3,(H,26,27). The summed E-state index contributed by atoms with van der Waals surface area (Å²) in [5.41, 5.74) is -0.639. The number of nitrogens with one attached hydrogen (secondary N) is 1. The Kier molecular flexibility index (Phi) is 7.25. The van der Waals surface area contributed by atoms with Crippen molar-refractivity contribution in [2.75, 3.05) is 6.61 Å². The molecule has 0 unspecified atom stereocenters. The minimum absolute atomic E-state index is 0.00475. The average molecular weight is 437 g/mol. The van der Waals surface area contributed by atoms with E-state index in [1.54, 1.807) is 42.7 Å². The van der Waals surface area contributed by atoms with Gasteiger partial charge < -0.3 is 14.8 Å². The van der Waals surface area contributed by atoms with Gasteiger partial charge in [0.25, 0.3) is 0 Å². The van der Waals surface area contributed by atoms with Gasteiger partial charge in [-0.3, -0.25) is 9.78 Å². The van der Waals surface area contributed by atoms with E-state index in [1.807, 2.05) is 13.8 Å². The molecular weight excluding hydrogens is 411 g/mol. The molecule has 1 N–H and O–H groups in total. The molecular formula is C22H26Cl2N2O3. The second-order valence-corrected chi connectivity index (χ2v) is 8.90. The Balaban J connectivity index is 1.43. The van der Waals surface area contributed by atoms with E-state index in [2.05, 4.69) is 10.3 Å². The van der Waals surface area contributed by atoms with E-state index in [-0.39, 0.29) is 18.1 Å².